The molecule has 1 aromatic heterocycles. The Morgan fingerprint density at radius 3 is 2.47 bits per heavy atom. The molecule has 0 aliphatic rings. The van der Waals surface area contributed by atoms with Crippen molar-refractivity contribution < 1.29 is 4.79 Å². The summed E-state index contributed by atoms with van der Waals surface area (Å²) in [5.41, 5.74) is 2.30. The fourth-order valence-corrected chi connectivity index (χ4v) is 1.61. The van der Waals surface area contributed by atoms with Crippen LogP contribution in [0.2, 0.25) is 0 Å². The average molecular weight is 229 g/mol. The SMILES string of the molecule is Cc1cc(C(=O)N(C)c2ccccc2)nn1C. The van der Waals surface area contributed by atoms with E-state index in [1.807, 2.05) is 44.3 Å². The standard InChI is InChI=1S/C13H15N3O/c1-10-9-12(14-16(10)3)13(17)15(2)11-7-5-4-6-8-11/h4-9H,1-3H3. The summed E-state index contributed by atoms with van der Waals surface area (Å²) >= 11 is 0. The van der Waals surface area contributed by atoms with Crippen molar-refractivity contribution in [1.29, 1.82) is 0 Å². The van der Waals surface area contributed by atoms with Gasteiger partial charge in [0.1, 0.15) is 0 Å². The van der Waals surface area contributed by atoms with Crippen molar-refractivity contribution in [2.45, 2.75) is 6.92 Å². The van der Waals surface area contributed by atoms with Crippen LogP contribution in [0.5, 0.6) is 0 Å². The molecule has 0 aliphatic heterocycles. The van der Waals surface area contributed by atoms with Gasteiger partial charge < -0.3 is 4.90 Å². The molecule has 0 radical (unpaired) electrons. The Labute approximate surface area is 100 Å². The molecule has 0 saturated carbocycles. The number of hydrogen-bond acceptors (Lipinski definition) is 2. The zero-order valence-corrected chi connectivity index (χ0v) is 10.2. The molecule has 1 aromatic carbocycles. The van der Waals surface area contributed by atoms with Gasteiger partial charge in [-0.1, -0.05) is 18.2 Å². The maximum Gasteiger partial charge on any atom is 0.278 e. The van der Waals surface area contributed by atoms with Crippen molar-refractivity contribution in [2.24, 2.45) is 7.05 Å². The lowest BCUT2D eigenvalue weighted by Crippen LogP contribution is -2.26. The normalized spacial score (nSPS) is 10.3. The lowest BCUT2D eigenvalue weighted by atomic mass is 10.2. The highest BCUT2D eigenvalue weighted by atomic mass is 16.2. The Bertz CT molecular complexity index is 511. The van der Waals surface area contributed by atoms with Gasteiger partial charge in [0.25, 0.3) is 5.91 Å². The molecule has 2 aromatic rings. The Kier molecular flexibility index (Phi) is 2.95. The zero-order valence-electron chi connectivity index (χ0n) is 10.2. The van der Waals surface area contributed by atoms with Crippen LogP contribution in [0.4, 0.5) is 5.69 Å². The van der Waals surface area contributed by atoms with Gasteiger partial charge in [0.05, 0.1) is 0 Å². The Balaban J connectivity index is 2.26. The summed E-state index contributed by atoms with van der Waals surface area (Å²) in [6, 6.07) is 11.3. The summed E-state index contributed by atoms with van der Waals surface area (Å²) in [6.07, 6.45) is 0. The van der Waals surface area contributed by atoms with Crippen LogP contribution >= 0.6 is 0 Å². The van der Waals surface area contributed by atoms with Crippen LogP contribution in [0.3, 0.4) is 0 Å². The number of aromatic nitrogens is 2. The maximum absolute atomic E-state index is 12.2. The van der Waals surface area contributed by atoms with E-state index in [1.54, 1.807) is 22.7 Å². The largest absolute Gasteiger partial charge is 0.310 e. The van der Waals surface area contributed by atoms with E-state index >= 15 is 0 Å². The number of carbonyl (C=O) groups is 1. The van der Waals surface area contributed by atoms with Crippen molar-refractivity contribution in [3.63, 3.8) is 0 Å². The molecule has 0 fully saturated rings. The molecule has 1 amide bonds. The molecule has 4 heteroatoms. The van der Waals surface area contributed by atoms with Crippen LogP contribution in [0.25, 0.3) is 0 Å². The van der Waals surface area contributed by atoms with Crippen molar-refractivity contribution in [1.82, 2.24) is 9.78 Å². The highest BCUT2D eigenvalue weighted by molar-refractivity contribution is 6.04. The van der Waals surface area contributed by atoms with Crippen LogP contribution in [-0.2, 0) is 7.05 Å². The number of benzene rings is 1. The number of amides is 1. The second kappa shape index (κ2) is 4.41. The van der Waals surface area contributed by atoms with Gasteiger partial charge in [0.15, 0.2) is 5.69 Å². The number of aryl methyl sites for hydroxylation is 2. The molecule has 0 unspecified atom stereocenters. The molecule has 0 N–H and O–H groups in total. The highest BCUT2D eigenvalue weighted by Crippen LogP contribution is 2.14. The molecule has 1 heterocycles. The molecule has 17 heavy (non-hydrogen) atoms. The summed E-state index contributed by atoms with van der Waals surface area (Å²) in [4.78, 5) is 13.8. The number of para-hydroxylation sites is 1. The van der Waals surface area contributed by atoms with E-state index in [1.165, 1.54) is 0 Å². The van der Waals surface area contributed by atoms with E-state index in [0.717, 1.165) is 11.4 Å². The first-order valence-corrected chi connectivity index (χ1v) is 5.43. The van der Waals surface area contributed by atoms with E-state index in [4.69, 9.17) is 0 Å². The topological polar surface area (TPSA) is 38.1 Å². The van der Waals surface area contributed by atoms with Gasteiger partial charge in [0.2, 0.25) is 0 Å². The predicted molar refractivity (Wildman–Crippen MR) is 67.1 cm³/mol. The first-order chi connectivity index (χ1) is 8.09. The molecule has 4 nitrogen and oxygen atoms in total. The summed E-state index contributed by atoms with van der Waals surface area (Å²) in [7, 11) is 3.58. The van der Waals surface area contributed by atoms with E-state index in [-0.39, 0.29) is 5.91 Å². The third kappa shape index (κ3) is 2.20. The van der Waals surface area contributed by atoms with Crippen molar-refractivity contribution in [3.05, 3.63) is 47.8 Å². The number of carbonyl (C=O) groups excluding carboxylic acids is 1. The molecular weight excluding hydrogens is 214 g/mol. The number of nitrogens with zero attached hydrogens (tertiary/aromatic N) is 3. The fraction of sp³-hybridized carbons (Fsp3) is 0.231. The smallest absolute Gasteiger partial charge is 0.278 e. The molecule has 0 aliphatic carbocycles. The molecule has 0 atom stereocenters. The Hall–Kier alpha value is -2.10. The van der Waals surface area contributed by atoms with Gasteiger partial charge >= 0.3 is 0 Å². The highest BCUT2D eigenvalue weighted by Gasteiger charge is 2.16. The van der Waals surface area contributed by atoms with Gasteiger partial charge in [-0.2, -0.15) is 5.10 Å². The van der Waals surface area contributed by atoms with E-state index in [0.29, 0.717) is 5.69 Å². The van der Waals surface area contributed by atoms with Crippen molar-refractivity contribution >= 4 is 11.6 Å². The van der Waals surface area contributed by atoms with E-state index < -0.39 is 0 Å². The lowest BCUT2D eigenvalue weighted by molar-refractivity contribution is 0.0987. The van der Waals surface area contributed by atoms with Gasteiger partial charge in [0, 0.05) is 25.5 Å². The maximum atomic E-state index is 12.2. The lowest BCUT2D eigenvalue weighted by Gasteiger charge is -2.15. The number of anilines is 1. The minimum Gasteiger partial charge on any atom is -0.310 e. The van der Waals surface area contributed by atoms with E-state index in [9.17, 15) is 4.79 Å². The van der Waals surface area contributed by atoms with Gasteiger partial charge in [-0.25, -0.2) is 0 Å². The summed E-state index contributed by atoms with van der Waals surface area (Å²) in [5.74, 6) is -0.0973. The van der Waals surface area contributed by atoms with Crippen LogP contribution in [0.1, 0.15) is 16.2 Å². The van der Waals surface area contributed by atoms with Crippen molar-refractivity contribution in [3.8, 4) is 0 Å². The summed E-state index contributed by atoms with van der Waals surface area (Å²) in [5, 5.41) is 4.18. The molecule has 0 saturated heterocycles. The monoisotopic (exact) mass is 229 g/mol. The second-order valence-corrected chi connectivity index (χ2v) is 3.99. The van der Waals surface area contributed by atoms with Crippen LogP contribution in [-0.4, -0.2) is 22.7 Å². The quantitative estimate of drug-likeness (QED) is 0.790. The van der Waals surface area contributed by atoms with Gasteiger partial charge in [-0.05, 0) is 25.1 Å². The Morgan fingerprint density at radius 1 is 1.29 bits per heavy atom. The van der Waals surface area contributed by atoms with Gasteiger partial charge in [-0.3, -0.25) is 9.48 Å². The van der Waals surface area contributed by atoms with Gasteiger partial charge in [-0.15, -0.1) is 0 Å². The molecule has 88 valence electrons. The van der Waals surface area contributed by atoms with Crippen LogP contribution < -0.4 is 4.90 Å². The van der Waals surface area contributed by atoms with Crippen molar-refractivity contribution in [2.75, 3.05) is 11.9 Å². The number of hydrogen-bond donors (Lipinski definition) is 0. The Morgan fingerprint density at radius 2 is 1.94 bits per heavy atom. The summed E-state index contributed by atoms with van der Waals surface area (Å²) in [6.45, 7) is 1.92. The third-order valence-corrected chi connectivity index (χ3v) is 2.78. The molecule has 0 bridgehead atoms. The molecular formula is C13H15N3O. The van der Waals surface area contributed by atoms with Crippen LogP contribution in [0.15, 0.2) is 36.4 Å². The molecule has 0 spiro atoms. The first-order valence-electron chi connectivity index (χ1n) is 5.43. The van der Waals surface area contributed by atoms with E-state index in [2.05, 4.69) is 5.10 Å². The van der Waals surface area contributed by atoms with Crippen LogP contribution in [0, 0.1) is 6.92 Å². The third-order valence-electron chi connectivity index (χ3n) is 2.78. The minimum atomic E-state index is -0.0973. The minimum absolute atomic E-state index is 0.0973. The predicted octanol–water partition coefficient (Wildman–Crippen LogP) is 2.01. The number of rotatable bonds is 2. The molecule has 2 rings (SSSR count). The summed E-state index contributed by atoms with van der Waals surface area (Å²) < 4.78 is 1.70. The average Bonchev–Trinajstić information content (AvgIpc) is 2.69. The first kappa shape index (κ1) is 11.4. The fourth-order valence-electron chi connectivity index (χ4n) is 1.61. The second-order valence-electron chi connectivity index (χ2n) is 3.99. The zero-order chi connectivity index (χ0) is 12.4.